The lowest BCUT2D eigenvalue weighted by molar-refractivity contribution is -0.147. The fraction of sp³-hybridized carbons (Fsp3) is 0.656. The van der Waals surface area contributed by atoms with Gasteiger partial charge in [0.25, 0.3) is 0 Å². The van der Waals surface area contributed by atoms with E-state index in [9.17, 15) is 9.90 Å². The lowest BCUT2D eigenvalue weighted by Gasteiger charge is -2.47. The maximum absolute atomic E-state index is 15.1. The Bertz CT molecular complexity index is 1340. The second-order valence-corrected chi connectivity index (χ2v) is 13.6. The Morgan fingerprint density at radius 3 is 2.76 bits per heavy atom. The number of benzene rings is 1. The van der Waals surface area contributed by atoms with Crippen molar-refractivity contribution in [3.8, 4) is 0 Å². The molecule has 42 heavy (non-hydrogen) atoms. The van der Waals surface area contributed by atoms with E-state index in [1.165, 1.54) is 42.7 Å². The number of piperidine rings is 1. The van der Waals surface area contributed by atoms with Gasteiger partial charge in [0.1, 0.15) is 12.1 Å². The maximum Gasteiger partial charge on any atom is 0.244 e. The van der Waals surface area contributed by atoms with E-state index in [1.807, 2.05) is 11.9 Å². The average molecular weight is 580 g/mol. The van der Waals surface area contributed by atoms with E-state index in [1.54, 1.807) is 5.01 Å². The van der Waals surface area contributed by atoms with Gasteiger partial charge in [-0.05, 0) is 94.9 Å². The molecule has 6 atom stereocenters. The van der Waals surface area contributed by atoms with Gasteiger partial charge in [-0.25, -0.2) is 4.39 Å². The van der Waals surface area contributed by atoms with Crippen LogP contribution in [0.25, 0.3) is 10.9 Å². The largest absolute Gasteiger partial charge is 0.389 e. The summed E-state index contributed by atoms with van der Waals surface area (Å²) in [6, 6.07) is 9.21. The highest BCUT2D eigenvalue weighted by molar-refractivity contribution is 5.84. The van der Waals surface area contributed by atoms with E-state index in [0.29, 0.717) is 25.4 Å². The summed E-state index contributed by atoms with van der Waals surface area (Å²) in [5, 5.41) is 30.4. The van der Waals surface area contributed by atoms with E-state index in [4.69, 9.17) is 0 Å². The molecule has 9 nitrogen and oxygen atoms in total. The molecule has 1 aromatic carbocycles. The molecule has 2 bridgehead atoms. The maximum atomic E-state index is 15.1. The molecule has 2 aromatic rings. The second-order valence-electron chi connectivity index (χ2n) is 13.6. The summed E-state index contributed by atoms with van der Waals surface area (Å²) in [6.45, 7) is 4.61. The summed E-state index contributed by atoms with van der Waals surface area (Å²) in [7, 11) is 0. The van der Waals surface area contributed by atoms with Gasteiger partial charge in [-0.1, -0.05) is 13.0 Å². The summed E-state index contributed by atoms with van der Waals surface area (Å²) in [4.78, 5) is 13.6. The second kappa shape index (κ2) is 11.2. The predicted molar refractivity (Wildman–Crippen MR) is 162 cm³/mol. The van der Waals surface area contributed by atoms with Crippen LogP contribution in [0.4, 0.5) is 10.1 Å². The van der Waals surface area contributed by atoms with Crippen LogP contribution in [0.15, 0.2) is 42.4 Å². The molecule has 0 spiro atoms. The Hall–Kier alpha value is -2.50. The van der Waals surface area contributed by atoms with Crippen molar-refractivity contribution in [2.24, 2.45) is 11.8 Å². The first-order valence-electron chi connectivity index (χ1n) is 16.1. The summed E-state index contributed by atoms with van der Waals surface area (Å²) < 4.78 is 17.5. The zero-order valence-electron chi connectivity index (χ0n) is 24.9. The molecule has 7 rings (SSSR count). The van der Waals surface area contributed by atoms with Crippen LogP contribution in [0.1, 0.15) is 77.7 Å². The zero-order valence-corrected chi connectivity index (χ0v) is 24.9. The molecule has 10 heteroatoms. The Morgan fingerprint density at radius 2 is 1.93 bits per heavy atom. The highest BCUT2D eigenvalue weighted by Crippen LogP contribution is 2.37. The summed E-state index contributed by atoms with van der Waals surface area (Å²) in [5.74, 6) is 0.0898. The van der Waals surface area contributed by atoms with Crippen LogP contribution in [0, 0.1) is 11.8 Å². The minimum Gasteiger partial charge on any atom is -0.389 e. The van der Waals surface area contributed by atoms with E-state index >= 15 is 4.39 Å². The van der Waals surface area contributed by atoms with Crippen LogP contribution >= 0.6 is 0 Å². The molecule has 5 unspecified atom stereocenters. The Kier molecular flexibility index (Phi) is 7.55. The first-order chi connectivity index (χ1) is 20.3. The van der Waals surface area contributed by atoms with Gasteiger partial charge in [0.2, 0.25) is 5.91 Å². The van der Waals surface area contributed by atoms with Crippen molar-refractivity contribution in [1.82, 2.24) is 30.5 Å². The van der Waals surface area contributed by atoms with E-state index in [-0.39, 0.29) is 48.9 Å². The van der Waals surface area contributed by atoms with Gasteiger partial charge in [-0.3, -0.25) is 25.8 Å². The molecule has 5 N–H and O–H groups in total. The number of aliphatic hydroxyl groups is 1. The van der Waals surface area contributed by atoms with E-state index in [2.05, 4.69) is 63.2 Å². The summed E-state index contributed by atoms with van der Waals surface area (Å²) in [6.07, 6.45) is 11.6. The summed E-state index contributed by atoms with van der Waals surface area (Å²) >= 11 is 0. The Labute approximate surface area is 247 Å². The minimum absolute atomic E-state index is 0.0724. The molecule has 4 fully saturated rings. The predicted octanol–water partition coefficient (Wildman–Crippen LogP) is 4.15. The van der Waals surface area contributed by atoms with Crippen molar-refractivity contribution in [3.63, 3.8) is 0 Å². The van der Waals surface area contributed by atoms with Crippen LogP contribution in [0.2, 0.25) is 0 Å². The van der Waals surface area contributed by atoms with Crippen molar-refractivity contribution >= 4 is 22.5 Å². The van der Waals surface area contributed by atoms with Gasteiger partial charge in [-0.15, -0.1) is 0 Å². The van der Waals surface area contributed by atoms with Crippen LogP contribution in [0.5, 0.6) is 0 Å². The smallest absolute Gasteiger partial charge is 0.244 e. The number of nitrogens with zero attached hydrogens (tertiary/aromatic N) is 3. The van der Waals surface area contributed by atoms with Gasteiger partial charge >= 0.3 is 0 Å². The molecule has 1 amide bonds. The standard InChI is InChI=1S/C32H46FN7O2/c1-20-8-11-24(12-9-20)38-16-14-21-17-23(10-13-26(21)38)35-31-34-18-25-29(37-31)40-28-7-3-6-27(36-28)32(2,42)15-4-5-22(33)19-39(40)30(25)41/h5,10,13-14,16-17,20,24-25,27-29,31,34-37,42H,3-4,6-9,11-12,15,18-19H2,1-2H3/b22-5+/t20?,24?,25?,27?,28?,29?,31?,32-/m1/s1. The van der Waals surface area contributed by atoms with Crippen molar-refractivity contribution < 1.29 is 14.3 Å². The van der Waals surface area contributed by atoms with Crippen LogP contribution < -0.4 is 21.3 Å². The van der Waals surface area contributed by atoms with Crippen molar-refractivity contribution in [3.05, 3.63) is 42.4 Å². The number of hydrogen-bond acceptors (Lipinski definition) is 7. The normalized spacial score (nSPS) is 39.2. The van der Waals surface area contributed by atoms with Crippen LogP contribution in [0.3, 0.4) is 0 Å². The quantitative estimate of drug-likeness (QED) is 0.373. The Morgan fingerprint density at radius 1 is 1.10 bits per heavy atom. The van der Waals surface area contributed by atoms with Crippen molar-refractivity contribution in [2.75, 3.05) is 18.4 Å². The molecule has 1 saturated carbocycles. The number of nitrogens with one attached hydrogen (secondary N) is 4. The number of carbonyl (C=O) groups excluding carboxylic acids is 1. The lowest BCUT2D eigenvalue weighted by Crippen LogP contribution is -2.69. The number of allylic oxidation sites excluding steroid dienone is 1. The fourth-order valence-corrected chi connectivity index (χ4v) is 8.03. The fourth-order valence-electron chi connectivity index (χ4n) is 8.03. The number of halogens is 1. The first kappa shape index (κ1) is 28.3. The molecule has 0 radical (unpaired) electrons. The molecule has 5 aliphatic rings. The van der Waals surface area contributed by atoms with E-state index in [0.717, 1.165) is 30.9 Å². The summed E-state index contributed by atoms with van der Waals surface area (Å²) in [5.41, 5.74) is 1.32. The molecular formula is C32H46FN7O2. The van der Waals surface area contributed by atoms with Gasteiger partial charge < -0.3 is 15.0 Å². The number of amides is 1. The molecule has 3 saturated heterocycles. The lowest BCUT2D eigenvalue weighted by atomic mass is 9.85. The molecule has 1 aromatic heterocycles. The highest BCUT2D eigenvalue weighted by Gasteiger charge is 2.53. The van der Waals surface area contributed by atoms with Gasteiger partial charge in [0.05, 0.1) is 30.4 Å². The number of rotatable bonds is 3. The van der Waals surface area contributed by atoms with Crippen molar-refractivity contribution in [2.45, 2.75) is 108 Å². The topological polar surface area (TPSA) is 96.8 Å². The number of anilines is 1. The third-order valence-electron chi connectivity index (χ3n) is 10.6. The van der Waals surface area contributed by atoms with Gasteiger partial charge in [0, 0.05) is 41.4 Å². The average Bonchev–Trinajstić information content (AvgIpc) is 3.51. The monoisotopic (exact) mass is 579 g/mol. The third kappa shape index (κ3) is 5.26. The SMILES string of the molecule is CC1CCC(n2ccc3cc(NC4NCC5C(=O)N6C/C(F)=C\CC[C@@](C)(O)C7CCCC(N7)N6C5N4)ccc32)CC1. The van der Waals surface area contributed by atoms with Gasteiger partial charge in [-0.2, -0.15) is 5.01 Å². The zero-order chi connectivity index (χ0) is 29.0. The van der Waals surface area contributed by atoms with Crippen molar-refractivity contribution in [1.29, 1.82) is 0 Å². The number of hydrogen-bond donors (Lipinski definition) is 5. The number of aromatic nitrogens is 1. The Balaban J connectivity index is 1.10. The highest BCUT2D eigenvalue weighted by atomic mass is 19.1. The van der Waals surface area contributed by atoms with E-state index < -0.39 is 5.60 Å². The number of hydrazine groups is 1. The minimum atomic E-state index is -0.952. The van der Waals surface area contributed by atoms with Gasteiger partial charge in [0.15, 0.2) is 0 Å². The number of fused-ring (bicyclic) bond motifs is 7. The molecule has 5 heterocycles. The number of carbonyl (C=O) groups is 1. The molecule has 4 aliphatic heterocycles. The molecule has 1 aliphatic carbocycles. The first-order valence-corrected chi connectivity index (χ1v) is 16.1. The van der Waals surface area contributed by atoms with Crippen LogP contribution in [-0.4, -0.2) is 69.0 Å². The van der Waals surface area contributed by atoms with Crippen LogP contribution in [-0.2, 0) is 4.79 Å². The third-order valence-corrected chi connectivity index (χ3v) is 10.6. The molecular weight excluding hydrogens is 533 g/mol. The molecule has 228 valence electrons.